The van der Waals surface area contributed by atoms with Crippen molar-refractivity contribution in [3.63, 3.8) is 0 Å². The maximum Gasteiger partial charge on any atom is 0.254 e. The number of sulfonamides is 1. The number of fused-ring (bicyclic) bond motifs is 1. The molecule has 3 rings (SSSR count). The second-order valence-corrected chi connectivity index (χ2v) is 7.56. The summed E-state index contributed by atoms with van der Waals surface area (Å²) in [5.74, 6) is 1.04. The number of para-hydroxylation sites is 2. The molecule has 2 N–H and O–H groups in total. The van der Waals surface area contributed by atoms with Gasteiger partial charge in [0, 0.05) is 7.05 Å². The van der Waals surface area contributed by atoms with E-state index >= 15 is 0 Å². The Labute approximate surface area is 157 Å². The molecule has 1 aliphatic heterocycles. The van der Waals surface area contributed by atoms with Crippen LogP contribution in [-0.2, 0) is 10.0 Å². The van der Waals surface area contributed by atoms with E-state index in [0.717, 1.165) is 0 Å². The van der Waals surface area contributed by atoms with Crippen LogP contribution in [0.2, 0.25) is 0 Å². The summed E-state index contributed by atoms with van der Waals surface area (Å²) in [4.78, 5) is 11.9. The maximum atomic E-state index is 12.6. The standard InChI is InChI=1S/C18H20N2O6S/c1-19-18(21)14-9-13(7-8-15(14)24-2)27(22,23)20-10-12-11-25-16-5-3-4-6-17(16)26-12/h3-9,12,20H,10-11H2,1-2H3,(H,19,21)/t12-/m1/s1. The molecule has 0 unspecified atom stereocenters. The molecule has 0 aliphatic carbocycles. The van der Waals surface area contributed by atoms with Crippen LogP contribution in [0.1, 0.15) is 10.4 Å². The quantitative estimate of drug-likeness (QED) is 0.765. The van der Waals surface area contributed by atoms with E-state index in [0.29, 0.717) is 11.5 Å². The van der Waals surface area contributed by atoms with Gasteiger partial charge in [0.2, 0.25) is 10.0 Å². The third-order valence-electron chi connectivity index (χ3n) is 4.02. The summed E-state index contributed by atoms with van der Waals surface area (Å²) in [6.45, 7) is 0.254. The van der Waals surface area contributed by atoms with E-state index in [4.69, 9.17) is 14.2 Å². The molecule has 1 amide bonds. The molecule has 0 fully saturated rings. The lowest BCUT2D eigenvalue weighted by Gasteiger charge is -2.26. The second-order valence-electron chi connectivity index (χ2n) is 5.79. The van der Waals surface area contributed by atoms with Gasteiger partial charge >= 0.3 is 0 Å². The third kappa shape index (κ3) is 4.15. The Kier molecular flexibility index (Phi) is 5.52. The lowest BCUT2D eigenvalue weighted by molar-refractivity contribution is 0.0943. The monoisotopic (exact) mass is 392 g/mol. The summed E-state index contributed by atoms with van der Waals surface area (Å²) in [5.41, 5.74) is 0.133. The minimum atomic E-state index is -3.85. The highest BCUT2D eigenvalue weighted by Gasteiger charge is 2.24. The minimum Gasteiger partial charge on any atom is -0.496 e. The number of carbonyl (C=O) groups excluding carboxylic acids is 1. The van der Waals surface area contributed by atoms with Crippen LogP contribution < -0.4 is 24.2 Å². The Morgan fingerprint density at radius 3 is 2.67 bits per heavy atom. The normalized spacial score (nSPS) is 15.9. The molecule has 0 saturated carbocycles. The summed E-state index contributed by atoms with van der Waals surface area (Å²) in [5, 5.41) is 2.46. The van der Waals surface area contributed by atoms with Gasteiger partial charge in [-0.2, -0.15) is 0 Å². The molecular formula is C18H20N2O6S. The molecule has 0 spiro atoms. The molecule has 2 aromatic rings. The second kappa shape index (κ2) is 7.85. The van der Waals surface area contributed by atoms with Crippen molar-refractivity contribution in [1.82, 2.24) is 10.0 Å². The van der Waals surface area contributed by atoms with E-state index in [2.05, 4.69) is 10.0 Å². The Bertz CT molecular complexity index is 945. The van der Waals surface area contributed by atoms with Crippen molar-refractivity contribution in [2.24, 2.45) is 0 Å². The van der Waals surface area contributed by atoms with Crippen molar-refractivity contribution in [1.29, 1.82) is 0 Å². The fraction of sp³-hybridized carbons (Fsp3) is 0.278. The first-order valence-corrected chi connectivity index (χ1v) is 9.71. The summed E-state index contributed by atoms with van der Waals surface area (Å²) < 4.78 is 44.1. The summed E-state index contributed by atoms with van der Waals surface area (Å²) in [7, 11) is -0.980. The van der Waals surface area contributed by atoms with Crippen molar-refractivity contribution < 1.29 is 27.4 Å². The van der Waals surface area contributed by atoms with Crippen LogP contribution in [0.3, 0.4) is 0 Å². The maximum absolute atomic E-state index is 12.6. The van der Waals surface area contributed by atoms with Gasteiger partial charge in [-0.15, -0.1) is 0 Å². The molecule has 144 valence electrons. The Morgan fingerprint density at radius 2 is 1.96 bits per heavy atom. The minimum absolute atomic E-state index is 0.0258. The SMILES string of the molecule is CNC(=O)c1cc(S(=O)(=O)NC[C@@H]2COc3ccccc3O2)ccc1OC. The number of benzene rings is 2. The molecule has 1 atom stereocenters. The van der Waals surface area contributed by atoms with Crippen LogP contribution in [-0.4, -0.2) is 47.7 Å². The van der Waals surface area contributed by atoms with E-state index in [1.807, 2.05) is 12.1 Å². The zero-order valence-corrected chi connectivity index (χ0v) is 15.7. The van der Waals surface area contributed by atoms with Gasteiger partial charge in [-0.25, -0.2) is 13.1 Å². The van der Waals surface area contributed by atoms with Crippen molar-refractivity contribution in [3.05, 3.63) is 48.0 Å². The number of nitrogens with one attached hydrogen (secondary N) is 2. The third-order valence-corrected chi connectivity index (χ3v) is 5.44. The van der Waals surface area contributed by atoms with E-state index in [-0.39, 0.29) is 29.4 Å². The number of amides is 1. The molecule has 0 aromatic heterocycles. The highest BCUT2D eigenvalue weighted by molar-refractivity contribution is 7.89. The number of rotatable bonds is 6. The van der Waals surface area contributed by atoms with Gasteiger partial charge in [0.15, 0.2) is 11.5 Å². The van der Waals surface area contributed by atoms with Gasteiger partial charge in [-0.05, 0) is 30.3 Å². The Morgan fingerprint density at radius 1 is 1.22 bits per heavy atom. The van der Waals surface area contributed by atoms with Gasteiger partial charge in [0.1, 0.15) is 18.5 Å². The van der Waals surface area contributed by atoms with Crippen molar-refractivity contribution in [3.8, 4) is 17.2 Å². The van der Waals surface area contributed by atoms with E-state index < -0.39 is 22.0 Å². The van der Waals surface area contributed by atoms with E-state index in [1.54, 1.807) is 12.1 Å². The van der Waals surface area contributed by atoms with Crippen LogP contribution in [0.5, 0.6) is 17.2 Å². The van der Waals surface area contributed by atoms with Gasteiger partial charge in [-0.3, -0.25) is 4.79 Å². The molecule has 0 radical (unpaired) electrons. The summed E-state index contributed by atoms with van der Waals surface area (Å²) in [6.07, 6.45) is -0.466. The number of carbonyl (C=O) groups is 1. The predicted molar refractivity (Wildman–Crippen MR) is 97.9 cm³/mol. The topological polar surface area (TPSA) is 103 Å². The van der Waals surface area contributed by atoms with Gasteiger partial charge in [0.25, 0.3) is 5.91 Å². The van der Waals surface area contributed by atoms with Gasteiger partial charge in [-0.1, -0.05) is 12.1 Å². The largest absolute Gasteiger partial charge is 0.496 e. The van der Waals surface area contributed by atoms with Crippen molar-refractivity contribution in [2.75, 3.05) is 27.3 Å². The molecule has 0 saturated heterocycles. The van der Waals surface area contributed by atoms with E-state index in [9.17, 15) is 13.2 Å². The average molecular weight is 392 g/mol. The van der Waals surface area contributed by atoms with Gasteiger partial charge < -0.3 is 19.5 Å². The fourth-order valence-electron chi connectivity index (χ4n) is 2.62. The smallest absolute Gasteiger partial charge is 0.254 e. The lowest BCUT2D eigenvalue weighted by Crippen LogP contribution is -2.40. The molecule has 1 heterocycles. The molecule has 9 heteroatoms. The Balaban J connectivity index is 1.73. The number of hydrogen-bond donors (Lipinski definition) is 2. The predicted octanol–water partition coefficient (Wildman–Crippen LogP) is 1.17. The van der Waals surface area contributed by atoms with Crippen LogP contribution in [0.15, 0.2) is 47.4 Å². The molecule has 2 aromatic carbocycles. The molecule has 1 aliphatic rings. The number of ether oxygens (including phenoxy) is 3. The summed E-state index contributed by atoms with van der Waals surface area (Å²) >= 11 is 0. The molecule has 27 heavy (non-hydrogen) atoms. The van der Waals surface area contributed by atoms with Crippen molar-refractivity contribution >= 4 is 15.9 Å². The first kappa shape index (κ1) is 19.0. The average Bonchev–Trinajstić information content (AvgIpc) is 2.71. The van der Waals surface area contributed by atoms with Crippen molar-refractivity contribution in [2.45, 2.75) is 11.0 Å². The van der Waals surface area contributed by atoms with Crippen LogP contribution in [0.25, 0.3) is 0 Å². The first-order chi connectivity index (χ1) is 12.9. The zero-order valence-electron chi connectivity index (χ0n) is 14.9. The zero-order chi connectivity index (χ0) is 19.4. The van der Waals surface area contributed by atoms with Crippen LogP contribution in [0.4, 0.5) is 0 Å². The number of methoxy groups -OCH3 is 1. The highest BCUT2D eigenvalue weighted by Crippen LogP contribution is 2.30. The van der Waals surface area contributed by atoms with Crippen LogP contribution >= 0.6 is 0 Å². The Hall–Kier alpha value is -2.78. The molecule has 0 bridgehead atoms. The van der Waals surface area contributed by atoms with Crippen LogP contribution in [0, 0.1) is 0 Å². The molecule has 8 nitrogen and oxygen atoms in total. The fourth-order valence-corrected chi connectivity index (χ4v) is 3.71. The highest BCUT2D eigenvalue weighted by atomic mass is 32.2. The van der Waals surface area contributed by atoms with E-state index in [1.165, 1.54) is 32.4 Å². The summed E-state index contributed by atoms with van der Waals surface area (Å²) in [6, 6.07) is 11.3. The van der Waals surface area contributed by atoms with Gasteiger partial charge in [0.05, 0.1) is 24.1 Å². The lowest BCUT2D eigenvalue weighted by atomic mass is 10.2. The number of hydrogen-bond acceptors (Lipinski definition) is 6. The first-order valence-electron chi connectivity index (χ1n) is 8.23. The molecular weight excluding hydrogens is 372 g/mol.